The fraction of sp³-hybridized carbons (Fsp3) is 0.167. The highest BCUT2D eigenvalue weighted by Crippen LogP contribution is 2.26. The van der Waals surface area contributed by atoms with Crippen molar-refractivity contribution in [2.75, 3.05) is 0 Å². The number of alkyl halides is 1. The summed E-state index contributed by atoms with van der Waals surface area (Å²) in [5, 5.41) is 3.06. The maximum atomic E-state index is 13.0. The molecule has 0 spiro atoms. The third-order valence-corrected chi connectivity index (χ3v) is 3.64. The summed E-state index contributed by atoms with van der Waals surface area (Å²) in [5.41, 5.74) is 2.10. The molecule has 84 valence electrons. The number of hydrogen-bond acceptors (Lipinski definition) is 1. The largest absolute Gasteiger partial charge is 0.358 e. The van der Waals surface area contributed by atoms with Crippen LogP contribution in [0.25, 0.3) is 5.70 Å². The van der Waals surface area contributed by atoms with Crippen LogP contribution in [-0.2, 0) is 0 Å². The maximum Gasteiger partial charge on any atom is 0.126 e. The van der Waals surface area contributed by atoms with E-state index in [4.69, 9.17) is 0 Å². The lowest BCUT2D eigenvalue weighted by atomic mass is 10.1. The topological polar surface area (TPSA) is 12.0 Å². The zero-order valence-corrected chi connectivity index (χ0v) is 10.6. The highest BCUT2D eigenvalue weighted by atomic mass is 127. The van der Waals surface area contributed by atoms with Crippen LogP contribution < -0.4 is 5.32 Å². The zero-order valence-electron chi connectivity index (χ0n) is 8.43. The molecular weight excluding hydrogens is 323 g/mol. The summed E-state index contributed by atoms with van der Waals surface area (Å²) in [6.07, 6.45) is 2.75. The van der Waals surface area contributed by atoms with E-state index in [1.54, 1.807) is 0 Å². The molecule has 1 N–H and O–H groups in total. The smallest absolute Gasteiger partial charge is 0.126 e. The van der Waals surface area contributed by atoms with Crippen LogP contribution >= 0.6 is 22.6 Å². The highest BCUT2D eigenvalue weighted by molar-refractivity contribution is 14.1. The van der Waals surface area contributed by atoms with Crippen LogP contribution in [0.4, 0.5) is 8.78 Å². The molecule has 1 nitrogen and oxygen atoms in total. The van der Waals surface area contributed by atoms with E-state index < -0.39 is 11.6 Å². The van der Waals surface area contributed by atoms with Crippen molar-refractivity contribution in [3.63, 3.8) is 0 Å². The van der Waals surface area contributed by atoms with Gasteiger partial charge in [0.1, 0.15) is 11.6 Å². The summed E-state index contributed by atoms with van der Waals surface area (Å²) < 4.78 is 26.4. The molecule has 1 heterocycles. The second-order valence-electron chi connectivity index (χ2n) is 3.63. The Morgan fingerprint density at radius 2 is 1.88 bits per heavy atom. The fourth-order valence-corrected chi connectivity index (χ4v) is 1.98. The van der Waals surface area contributed by atoms with Crippen molar-refractivity contribution in [3.05, 3.63) is 53.7 Å². The average Bonchev–Trinajstić information content (AvgIpc) is 2.20. The molecule has 0 bridgehead atoms. The van der Waals surface area contributed by atoms with Gasteiger partial charge in [0.2, 0.25) is 0 Å². The molecule has 0 saturated heterocycles. The molecule has 2 rings (SSSR count). The first kappa shape index (κ1) is 11.6. The lowest BCUT2D eigenvalue weighted by Gasteiger charge is -2.22. The van der Waals surface area contributed by atoms with E-state index in [0.717, 1.165) is 23.9 Å². The third-order valence-electron chi connectivity index (χ3n) is 2.38. The molecular formula is C12H10F2IN. The minimum absolute atomic E-state index is 0.319. The van der Waals surface area contributed by atoms with Crippen LogP contribution in [0, 0.1) is 11.6 Å². The van der Waals surface area contributed by atoms with Crippen molar-refractivity contribution in [2.24, 2.45) is 0 Å². The van der Waals surface area contributed by atoms with E-state index in [0.29, 0.717) is 9.49 Å². The van der Waals surface area contributed by atoms with E-state index in [-0.39, 0.29) is 0 Å². The minimum atomic E-state index is -0.570. The van der Waals surface area contributed by atoms with Gasteiger partial charge in [-0.15, -0.1) is 0 Å². The first-order valence-corrected chi connectivity index (χ1v) is 6.07. The van der Waals surface area contributed by atoms with E-state index in [9.17, 15) is 8.78 Å². The van der Waals surface area contributed by atoms with Gasteiger partial charge in [0.15, 0.2) is 0 Å². The number of rotatable bonds is 1. The van der Waals surface area contributed by atoms with Gasteiger partial charge in [-0.1, -0.05) is 35.2 Å². The van der Waals surface area contributed by atoms with Crippen molar-refractivity contribution in [2.45, 2.75) is 10.3 Å². The molecule has 4 heteroatoms. The Balaban J connectivity index is 2.34. The van der Waals surface area contributed by atoms with Crippen molar-refractivity contribution in [1.82, 2.24) is 5.32 Å². The molecule has 0 amide bonds. The number of nitrogens with one attached hydrogen (secondary N) is 1. The van der Waals surface area contributed by atoms with Gasteiger partial charge in [-0.3, -0.25) is 0 Å². The minimum Gasteiger partial charge on any atom is -0.358 e. The Bertz CT molecular complexity index is 448. The van der Waals surface area contributed by atoms with Gasteiger partial charge in [-0.25, -0.2) is 8.78 Å². The van der Waals surface area contributed by atoms with Crippen molar-refractivity contribution >= 4 is 28.3 Å². The molecule has 0 saturated carbocycles. The van der Waals surface area contributed by atoms with Crippen molar-refractivity contribution < 1.29 is 8.78 Å². The van der Waals surface area contributed by atoms with Crippen LogP contribution in [0.3, 0.4) is 0 Å². The summed E-state index contributed by atoms with van der Waals surface area (Å²) in [4.78, 5) is 0. The van der Waals surface area contributed by atoms with E-state index in [2.05, 4.69) is 34.5 Å². The SMILES string of the molecule is C=C1NC(c2cc(F)cc(F)c2)=CCC1I. The predicted molar refractivity (Wildman–Crippen MR) is 69.0 cm³/mol. The molecule has 1 aromatic carbocycles. The normalized spacial score (nSPS) is 20.3. The summed E-state index contributed by atoms with van der Waals surface area (Å²) >= 11 is 2.27. The first-order valence-electron chi connectivity index (χ1n) is 4.83. The van der Waals surface area contributed by atoms with Crippen LogP contribution in [0.5, 0.6) is 0 Å². The second kappa shape index (κ2) is 4.53. The Hall–Kier alpha value is -0.910. The van der Waals surface area contributed by atoms with Crippen LogP contribution in [0.15, 0.2) is 36.6 Å². The van der Waals surface area contributed by atoms with Gasteiger partial charge in [-0.2, -0.15) is 0 Å². The predicted octanol–water partition coefficient (Wildman–Crippen LogP) is 3.62. The number of benzene rings is 1. The lowest BCUT2D eigenvalue weighted by Crippen LogP contribution is -2.22. The summed E-state index contributed by atoms with van der Waals surface area (Å²) in [6, 6.07) is 3.48. The zero-order chi connectivity index (χ0) is 11.7. The quantitative estimate of drug-likeness (QED) is 0.612. The molecule has 0 aromatic heterocycles. The summed E-state index contributed by atoms with van der Waals surface area (Å²) in [7, 11) is 0. The van der Waals surface area contributed by atoms with Gasteiger partial charge in [0, 0.05) is 23.0 Å². The van der Waals surface area contributed by atoms with E-state index in [1.807, 2.05) is 6.08 Å². The maximum absolute atomic E-state index is 13.0. The van der Waals surface area contributed by atoms with Crippen molar-refractivity contribution in [3.8, 4) is 0 Å². The van der Waals surface area contributed by atoms with Gasteiger partial charge >= 0.3 is 0 Å². The Morgan fingerprint density at radius 1 is 1.25 bits per heavy atom. The van der Waals surface area contributed by atoms with Crippen LogP contribution in [-0.4, -0.2) is 3.92 Å². The third kappa shape index (κ3) is 2.42. The molecule has 0 fully saturated rings. The molecule has 0 radical (unpaired) electrons. The fourth-order valence-electron chi connectivity index (χ4n) is 1.57. The van der Waals surface area contributed by atoms with Gasteiger partial charge < -0.3 is 5.32 Å². The molecule has 0 aliphatic carbocycles. The molecule has 1 atom stereocenters. The monoisotopic (exact) mass is 333 g/mol. The molecule has 16 heavy (non-hydrogen) atoms. The highest BCUT2D eigenvalue weighted by Gasteiger charge is 2.16. The van der Waals surface area contributed by atoms with Gasteiger partial charge in [0.05, 0.1) is 3.92 Å². The number of allylic oxidation sites excluding steroid dienone is 2. The second-order valence-corrected chi connectivity index (χ2v) is 5.13. The average molecular weight is 333 g/mol. The Labute approximate surface area is 106 Å². The molecule has 1 unspecified atom stereocenters. The number of hydrogen-bond donors (Lipinski definition) is 1. The van der Waals surface area contributed by atoms with Crippen molar-refractivity contribution in [1.29, 1.82) is 0 Å². The number of halogens is 3. The summed E-state index contributed by atoms with van der Waals surface area (Å²) in [5.74, 6) is -1.14. The Kier molecular flexibility index (Phi) is 3.28. The molecule has 1 aliphatic rings. The first-order chi connectivity index (χ1) is 7.56. The van der Waals surface area contributed by atoms with E-state index >= 15 is 0 Å². The standard InChI is InChI=1S/C12H10F2IN/c1-7-11(15)2-3-12(16-7)8-4-9(13)6-10(14)5-8/h3-6,11,16H,1-2H2. The van der Waals surface area contributed by atoms with Gasteiger partial charge in [-0.05, 0) is 18.6 Å². The molecule has 1 aliphatic heterocycles. The van der Waals surface area contributed by atoms with E-state index in [1.165, 1.54) is 12.1 Å². The summed E-state index contributed by atoms with van der Waals surface area (Å²) in [6.45, 7) is 3.87. The lowest BCUT2D eigenvalue weighted by molar-refractivity contribution is 0.582. The molecule has 1 aromatic rings. The van der Waals surface area contributed by atoms with Crippen LogP contribution in [0.2, 0.25) is 0 Å². The van der Waals surface area contributed by atoms with Crippen LogP contribution in [0.1, 0.15) is 12.0 Å². The van der Waals surface area contributed by atoms with Gasteiger partial charge in [0.25, 0.3) is 0 Å². The Morgan fingerprint density at radius 3 is 2.44 bits per heavy atom.